The highest BCUT2D eigenvalue weighted by molar-refractivity contribution is 7.12. The molecule has 2 aliphatic rings. The minimum atomic E-state index is -0.911. The van der Waals surface area contributed by atoms with E-state index in [-0.39, 0.29) is 37.4 Å². The van der Waals surface area contributed by atoms with Crippen molar-refractivity contribution in [3.63, 3.8) is 0 Å². The lowest BCUT2D eigenvalue weighted by Gasteiger charge is -2.41. The van der Waals surface area contributed by atoms with Crippen LogP contribution in [-0.4, -0.2) is 81.7 Å². The minimum Gasteiger partial charge on any atom is -0.354 e. The van der Waals surface area contributed by atoms with Gasteiger partial charge < -0.3 is 20.4 Å². The van der Waals surface area contributed by atoms with Gasteiger partial charge in [0.25, 0.3) is 11.8 Å². The standard InChI is InChI=1S/C20H22N6O4S/c27-17-14(3-1-5-23-17)24-18(28)15-11-25(19(29)13-9-21-12-22-10-13)6-7-26(15)20(30)16-4-2-8-31-16/h2,4,8-10,12,14-15H,1,3,5-7,11H2,(H,23,27)(H,24,28)/t14-,15-/m1/s1. The Hall–Kier alpha value is -3.34. The Balaban J connectivity index is 1.54. The number of thiophene rings is 1. The maximum Gasteiger partial charge on any atom is 0.264 e. The molecule has 2 fully saturated rings. The summed E-state index contributed by atoms with van der Waals surface area (Å²) in [6, 6.07) is 1.92. The Morgan fingerprint density at radius 3 is 2.68 bits per heavy atom. The van der Waals surface area contributed by atoms with Crippen molar-refractivity contribution in [1.29, 1.82) is 0 Å². The molecule has 4 amide bonds. The van der Waals surface area contributed by atoms with Crippen LogP contribution in [0.4, 0.5) is 0 Å². The third-order valence-electron chi connectivity index (χ3n) is 5.37. The molecule has 0 aromatic carbocycles. The molecule has 162 valence electrons. The van der Waals surface area contributed by atoms with Crippen LogP contribution in [0.2, 0.25) is 0 Å². The first kappa shape index (κ1) is 20.9. The summed E-state index contributed by atoms with van der Waals surface area (Å²) in [7, 11) is 0. The number of piperidine rings is 1. The lowest BCUT2D eigenvalue weighted by molar-refractivity contribution is -0.133. The van der Waals surface area contributed by atoms with Crippen molar-refractivity contribution in [2.75, 3.05) is 26.2 Å². The van der Waals surface area contributed by atoms with Crippen molar-refractivity contribution in [1.82, 2.24) is 30.4 Å². The van der Waals surface area contributed by atoms with Gasteiger partial charge in [-0.05, 0) is 24.3 Å². The quantitative estimate of drug-likeness (QED) is 0.681. The van der Waals surface area contributed by atoms with Gasteiger partial charge in [-0.2, -0.15) is 0 Å². The van der Waals surface area contributed by atoms with E-state index < -0.39 is 18.0 Å². The summed E-state index contributed by atoms with van der Waals surface area (Å²) in [6.07, 6.45) is 5.46. The van der Waals surface area contributed by atoms with E-state index in [0.717, 1.165) is 6.42 Å². The maximum absolute atomic E-state index is 13.2. The van der Waals surface area contributed by atoms with Crippen molar-refractivity contribution >= 4 is 35.0 Å². The first-order valence-electron chi connectivity index (χ1n) is 10.0. The summed E-state index contributed by atoms with van der Waals surface area (Å²) in [5.41, 5.74) is 0.311. The Labute approximate surface area is 182 Å². The summed E-state index contributed by atoms with van der Waals surface area (Å²) in [4.78, 5) is 62.4. The smallest absolute Gasteiger partial charge is 0.264 e. The number of nitrogens with zero attached hydrogens (tertiary/aromatic N) is 4. The topological polar surface area (TPSA) is 125 Å². The number of hydrogen-bond donors (Lipinski definition) is 2. The molecule has 0 spiro atoms. The molecule has 0 radical (unpaired) electrons. The van der Waals surface area contributed by atoms with E-state index in [1.807, 2.05) is 0 Å². The molecular formula is C20H22N6O4S. The van der Waals surface area contributed by atoms with Gasteiger partial charge in [-0.1, -0.05) is 6.07 Å². The van der Waals surface area contributed by atoms with Crippen LogP contribution in [0.5, 0.6) is 0 Å². The van der Waals surface area contributed by atoms with E-state index in [9.17, 15) is 19.2 Å². The van der Waals surface area contributed by atoms with E-state index in [1.54, 1.807) is 17.5 Å². The predicted molar refractivity (Wildman–Crippen MR) is 111 cm³/mol. The molecule has 11 heteroatoms. The van der Waals surface area contributed by atoms with E-state index >= 15 is 0 Å². The Kier molecular flexibility index (Phi) is 6.21. The van der Waals surface area contributed by atoms with Crippen LogP contribution in [0.15, 0.2) is 36.2 Å². The molecule has 0 unspecified atom stereocenters. The fourth-order valence-corrected chi connectivity index (χ4v) is 4.43. The van der Waals surface area contributed by atoms with Crippen LogP contribution in [-0.2, 0) is 9.59 Å². The second kappa shape index (κ2) is 9.21. The highest BCUT2D eigenvalue weighted by Crippen LogP contribution is 2.19. The molecule has 2 N–H and O–H groups in total. The van der Waals surface area contributed by atoms with Gasteiger partial charge >= 0.3 is 0 Å². The minimum absolute atomic E-state index is 0.0189. The highest BCUT2D eigenvalue weighted by Gasteiger charge is 2.39. The fourth-order valence-electron chi connectivity index (χ4n) is 3.75. The second-order valence-corrected chi connectivity index (χ2v) is 8.31. The number of aromatic nitrogens is 2. The molecule has 2 aromatic rings. The molecule has 0 saturated carbocycles. The summed E-state index contributed by atoms with van der Waals surface area (Å²) in [5, 5.41) is 7.29. The van der Waals surface area contributed by atoms with Gasteiger partial charge in [0.2, 0.25) is 11.8 Å². The molecule has 31 heavy (non-hydrogen) atoms. The Morgan fingerprint density at radius 1 is 1.16 bits per heavy atom. The number of amides is 4. The first-order valence-corrected chi connectivity index (χ1v) is 10.9. The molecule has 10 nitrogen and oxygen atoms in total. The summed E-state index contributed by atoms with van der Waals surface area (Å²) in [5.74, 6) is -1.26. The SMILES string of the molecule is O=C(N[C@@H]1CCCNC1=O)[C@H]1CN(C(=O)c2cncnc2)CCN1C(=O)c1cccs1. The fraction of sp³-hybridized carbons (Fsp3) is 0.400. The van der Waals surface area contributed by atoms with Gasteiger partial charge in [0.05, 0.1) is 17.0 Å². The van der Waals surface area contributed by atoms with Crippen molar-refractivity contribution in [3.05, 3.63) is 46.7 Å². The molecule has 2 aliphatic heterocycles. The Bertz CT molecular complexity index is 967. The normalized spacial score (nSPS) is 21.4. The first-order chi connectivity index (χ1) is 15.0. The molecule has 0 bridgehead atoms. The summed E-state index contributed by atoms with van der Waals surface area (Å²) >= 11 is 1.29. The number of piperazine rings is 1. The van der Waals surface area contributed by atoms with E-state index in [0.29, 0.717) is 23.4 Å². The monoisotopic (exact) mass is 442 g/mol. The van der Waals surface area contributed by atoms with Crippen LogP contribution in [0.3, 0.4) is 0 Å². The maximum atomic E-state index is 13.2. The average Bonchev–Trinajstić information content (AvgIpc) is 3.35. The van der Waals surface area contributed by atoms with E-state index in [1.165, 1.54) is 39.9 Å². The Morgan fingerprint density at radius 2 is 1.97 bits per heavy atom. The predicted octanol–water partition coefficient (Wildman–Crippen LogP) is -0.100. The largest absolute Gasteiger partial charge is 0.354 e. The van der Waals surface area contributed by atoms with Gasteiger partial charge in [-0.15, -0.1) is 11.3 Å². The van der Waals surface area contributed by atoms with Gasteiger partial charge in [0.1, 0.15) is 18.4 Å². The third kappa shape index (κ3) is 4.55. The average molecular weight is 443 g/mol. The molecule has 0 aliphatic carbocycles. The van der Waals surface area contributed by atoms with Crippen LogP contribution >= 0.6 is 11.3 Å². The van der Waals surface area contributed by atoms with Gasteiger partial charge in [-0.3, -0.25) is 19.2 Å². The van der Waals surface area contributed by atoms with Crippen molar-refractivity contribution in [2.45, 2.75) is 24.9 Å². The number of rotatable bonds is 4. The molecular weight excluding hydrogens is 420 g/mol. The third-order valence-corrected chi connectivity index (χ3v) is 6.23. The van der Waals surface area contributed by atoms with Gasteiger partial charge in [-0.25, -0.2) is 9.97 Å². The van der Waals surface area contributed by atoms with Crippen LogP contribution < -0.4 is 10.6 Å². The molecule has 2 atom stereocenters. The lowest BCUT2D eigenvalue weighted by Crippen LogP contribution is -2.63. The highest BCUT2D eigenvalue weighted by atomic mass is 32.1. The van der Waals surface area contributed by atoms with E-state index in [4.69, 9.17) is 0 Å². The van der Waals surface area contributed by atoms with Gasteiger partial charge in [0.15, 0.2) is 0 Å². The van der Waals surface area contributed by atoms with E-state index in [2.05, 4.69) is 20.6 Å². The number of carbonyl (C=O) groups is 4. The van der Waals surface area contributed by atoms with Crippen LogP contribution in [0, 0.1) is 0 Å². The zero-order valence-electron chi connectivity index (χ0n) is 16.7. The molecule has 2 saturated heterocycles. The van der Waals surface area contributed by atoms with Crippen LogP contribution in [0.25, 0.3) is 0 Å². The van der Waals surface area contributed by atoms with Crippen molar-refractivity contribution in [3.8, 4) is 0 Å². The molecule has 4 heterocycles. The number of carbonyl (C=O) groups excluding carboxylic acids is 4. The van der Waals surface area contributed by atoms with Crippen LogP contribution in [0.1, 0.15) is 32.9 Å². The van der Waals surface area contributed by atoms with Crippen molar-refractivity contribution < 1.29 is 19.2 Å². The number of nitrogens with one attached hydrogen (secondary N) is 2. The van der Waals surface area contributed by atoms with Gasteiger partial charge in [0, 0.05) is 32.0 Å². The second-order valence-electron chi connectivity index (χ2n) is 7.36. The zero-order valence-corrected chi connectivity index (χ0v) is 17.5. The summed E-state index contributed by atoms with van der Waals surface area (Å²) < 4.78 is 0. The zero-order chi connectivity index (χ0) is 21.8. The molecule has 2 aromatic heterocycles. The lowest BCUT2D eigenvalue weighted by atomic mass is 10.0. The molecule has 4 rings (SSSR count). The number of hydrogen-bond acceptors (Lipinski definition) is 7. The summed E-state index contributed by atoms with van der Waals surface area (Å²) in [6.45, 7) is 1.08. The van der Waals surface area contributed by atoms with Crippen molar-refractivity contribution in [2.24, 2.45) is 0 Å².